The van der Waals surface area contributed by atoms with Crippen LogP contribution in [0.3, 0.4) is 0 Å². The summed E-state index contributed by atoms with van der Waals surface area (Å²) < 4.78 is 0.678. The van der Waals surface area contributed by atoms with Crippen LogP contribution in [0.4, 0.5) is 0 Å². The van der Waals surface area contributed by atoms with Gasteiger partial charge in [0.15, 0.2) is 11.4 Å². The van der Waals surface area contributed by atoms with Crippen molar-refractivity contribution in [3.8, 4) is 5.75 Å². The number of aliphatic hydroxyl groups excluding tert-OH is 3. The van der Waals surface area contributed by atoms with Crippen LogP contribution in [0.1, 0.15) is 30.4 Å². The van der Waals surface area contributed by atoms with Crippen molar-refractivity contribution >= 4 is 45.8 Å². The first-order valence-electron chi connectivity index (χ1n) is 9.11. The Balaban J connectivity index is 2.04. The third-order valence-corrected chi connectivity index (χ3v) is 7.37. The third-order valence-electron chi connectivity index (χ3n) is 6.43. The van der Waals surface area contributed by atoms with Crippen LogP contribution in [0.15, 0.2) is 29.0 Å². The second-order valence-electron chi connectivity index (χ2n) is 7.84. The topological polar surface area (TPSA) is 178 Å². The van der Waals surface area contributed by atoms with Gasteiger partial charge in [-0.1, -0.05) is 6.92 Å². The molecular formula is C20H18INO8. The summed E-state index contributed by atoms with van der Waals surface area (Å²) in [6.07, 6.45) is -2.11. The molecule has 158 valence electrons. The van der Waals surface area contributed by atoms with E-state index in [2.05, 4.69) is 0 Å². The van der Waals surface area contributed by atoms with Crippen LogP contribution in [-0.4, -0.2) is 54.7 Å². The molecule has 0 bridgehead atoms. The number of hydrogen-bond acceptors (Lipinski definition) is 8. The Morgan fingerprint density at radius 2 is 1.87 bits per heavy atom. The van der Waals surface area contributed by atoms with E-state index in [0.717, 1.165) is 0 Å². The fourth-order valence-corrected chi connectivity index (χ4v) is 5.97. The van der Waals surface area contributed by atoms with Gasteiger partial charge in [-0.25, -0.2) is 0 Å². The molecule has 9 nitrogen and oxygen atoms in total. The molecule has 1 amide bonds. The molecule has 30 heavy (non-hydrogen) atoms. The fraction of sp³-hybridized carbons (Fsp3) is 0.350. The Bertz CT molecular complexity index is 1110. The normalized spacial score (nSPS) is 33.2. The van der Waals surface area contributed by atoms with Crippen molar-refractivity contribution in [2.45, 2.75) is 31.0 Å². The number of nitrogens with two attached hydrogens (primary N) is 1. The average Bonchev–Trinajstić information content (AvgIpc) is 2.66. The Kier molecular flexibility index (Phi) is 4.53. The SMILES string of the molecule is C[C@H]1c2c(I)ccc(O)c2C(O)=C2C(=O)[C@]3(O)C(O)=C(C(N)=O)C(=O)C[C@@H]3[C@@H](O)[C@@H]21. The maximum atomic E-state index is 13.4. The van der Waals surface area contributed by atoms with E-state index in [-0.39, 0.29) is 16.9 Å². The molecule has 0 spiro atoms. The van der Waals surface area contributed by atoms with Crippen LogP contribution >= 0.6 is 22.6 Å². The molecule has 3 aliphatic rings. The number of rotatable bonds is 1. The first-order valence-corrected chi connectivity index (χ1v) is 10.2. The van der Waals surface area contributed by atoms with Gasteiger partial charge in [0.1, 0.15) is 22.8 Å². The molecule has 5 atom stereocenters. The van der Waals surface area contributed by atoms with E-state index in [0.29, 0.717) is 9.13 Å². The summed E-state index contributed by atoms with van der Waals surface area (Å²) in [6.45, 7) is 1.69. The van der Waals surface area contributed by atoms with Gasteiger partial charge in [0.2, 0.25) is 5.78 Å². The Morgan fingerprint density at radius 3 is 2.47 bits per heavy atom. The number of phenols is 1. The van der Waals surface area contributed by atoms with Gasteiger partial charge in [-0.2, -0.15) is 0 Å². The summed E-state index contributed by atoms with van der Waals surface area (Å²) in [4.78, 5) is 37.4. The van der Waals surface area contributed by atoms with E-state index in [1.165, 1.54) is 6.07 Å². The maximum Gasteiger partial charge on any atom is 0.255 e. The fourth-order valence-electron chi connectivity index (χ4n) is 5.03. The lowest BCUT2D eigenvalue weighted by atomic mass is 9.55. The van der Waals surface area contributed by atoms with Crippen molar-refractivity contribution in [3.05, 3.63) is 43.7 Å². The molecule has 1 aromatic carbocycles. The number of Topliss-reactive ketones (excluding diaryl/α,β-unsaturated/α-hetero) is 2. The predicted molar refractivity (Wildman–Crippen MR) is 110 cm³/mol. The number of amides is 1. The number of carbonyl (C=O) groups is 3. The quantitative estimate of drug-likeness (QED) is 0.227. The van der Waals surface area contributed by atoms with Crippen molar-refractivity contribution in [2.24, 2.45) is 17.6 Å². The van der Waals surface area contributed by atoms with Gasteiger partial charge < -0.3 is 31.3 Å². The van der Waals surface area contributed by atoms with E-state index < -0.39 is 70.4 Å². The maximum absolute atomic E-state index is 13.4. The molecule has 4 rings (SSSR count). The number of phenolic OH excluding ortho intramolecular Hbond substituents is 1. The minimum Gasteiger partial charge on any atom is -0.508 e. The average molecular weight is 527 g/mol. The van der Waals surface area contributed by atoms with Gasteiger partial charge in [-0.15, -0.1) is 0 Å². The molecule has 3 aliphatic carbocycles. The first-order chi connectivity index (χ1) is 13.9. The lowest BCUT2D eigenvalue weighted by Gasteiger charge is -2.50. The number of primary amides is 1. The van der Waals surface area contributed by atoms with Gasteiger partial charge in [0.25, 0.3) is 5.91 Å². The summed E-state index contributed by atoms with van der Waals surface area (Å²) in [5.74, 6) is -8.56. The number of hydrogen-bond donors (Lipinski definition) is 6. The molecule has 10 heteroatoms. The van der Waals surface area contributed by atoms with Crippen molar-refractivity contribution in [3.63, 3.8) is 0 Å². The molecule has 1 saturated carbocycles. The van der Waals surface area contributed by atoms with Crippen molar-refractivity contribution in [1.82, 2.24) is 0 Å². The highest BCUT2D eigenvalue weighted by atomic mass is 127. The monoisotopic (exact) mass is 527 g/mol. The number of fused-ring (bicyclic) bond motifs is 3. The lowest BCUT2D eigenvalue weighted by molar-refractivity contribution is -0.160. The predicted octanol–water partition coefficient (Wildman–Crippen LogP) is 0.560. The van der Waals surface area contributed by atoms with Crippen LogP contribution < -0.4 is 5.73 Å². The molecule has 0 radical (unpaired) electrons. The number of carbonyl (C=O) groups excluding carboxylic acids is 3. The number of halogens is 1. The number of aliphatic hydroxyl groups is 4. The van der Waals surface area contributed by atoms with E-state index in [1.54, 1.807) is 13.0 Å². The summed E-state index contributed by atoms with van der Waals surface area (Å²) in [5, 5.41) is 54.0. The van der Waals surface area contributed by atoms with Crippen LogP contribution in [-0.2, 0) is 14.4 Å². The summed E-state index contributed by atoms with van der Waals surface area (Å²) in [7, 11) is 0. The minimum absolute atomic E-state index is 0.00581. The van der Waals surface area contributed by atoms with E-state index in [1.807, 2.05) is 22.6 Å². The Morgan fingerprint density at radius 1 is 1.23 bits per heavy atom. The van der Waals surface area contributed by atoms with Gasteiger partial charge >= 0.3 is 0 Å². The smallest absolute Gasteiger partial charge is 0.255 e. The molecule has 0 saturated heterocycles. The molecule has 0 heterocycles. The lowest BCUT2D eigenvalue weighted by Crippen LogP contribution is -2.64. The molecule has 0 aliphatic heterocycles. The second-order valence-corrected chi connectivity index (χ2v) is 9.00. The first kappa shape index (κ1) is 20.8. The molecule has 1 fully saturated rings. The van der Waals surface area contributed by atoms with Gasteiger partial charge in [0.05, 0.1) is 11.7 Å². The van der Waals surface area contributed by atoms with Crippen LogP contribution in [0.5, 0.6) is 5.75 Å². The standard InChI is InChI=1S/C20H18INO8/c1-5-10-7(21)2-3-8(23)12(10)16(26)14-11(5)15(25)6-4-9(24)13(19(22)29)17(27)20(6,30)18(14)28/h2-3,5-6,11,15,23,25-27,30H,4H2,1H3,(H2,22,29)/t5-,6+,11+,15+,20+/m0/s1. The van der Waals surface area contributed by atoms with Crippen molar-refractivity contribution in [1.29, 1.82) is 0 Å². The zero-order valence-corrected chi connectivity index (χ0v) is 17.7. The van der Waals surface area contributed by atoms with Gasteiger partial charge in [-0.3, -0.25) is 14.4 Å². The van der Waals surface area contributed by atoms with Crippen molar-refractivity contribution < 1.29 is 39.9 Å². The van der Waals surface area contributed by atoms with E-state index >= 15 is 0 Å². The Hall–Kier alpha value is -2.44. The highest BCUT2D eigenvalue weighted by Crippen LogP contribution is 2.56. The summed E-state index contributed by atoms with van der Waals surface area (Å²) in [5.41, 5.74) is 1.53. The Labute approximate surface area is 183 Å². The van der Waals surface area contributed by atoms with Crippen LogP contribution in [0.2, 0.25) is 0 Å². The highest BCUT2D eigenvalue weighted by Gasteiger charge is 2.64. The van der Waals surface area contributed by atoms with Crippen LogP contribution in [0, 0.1) is 15.4 Å². The molecule has 0 unspecified atom stereocenters. The van der Waals surface area contributed by atoms with Gasteiger partial charge in [0, 0.05) is 27.4 Å². The highest BCUT2D eigenvalue weighted by molar-refractivity contribution is 14.1. The summed E-state index contributed by atoms with van der Waals surface area (Å²) >= 11 is 2.00. The third kappa shape index (κ3) is 2.38. The molecule has 1 aromatic rings. The summed E-state index contributed by atoms with van der Waals surface area (Å²) in [6, 6.07) is 2.96. The largest absolute Gasteiger partial charge is 0.508 e. The number of ketones is 2. The van der Waals surface area contributed by atoms with E-state index in [4.69, 9.17) is 5.73 Å². The zero-order chi connectivity index (χ0) is 22.3. The molecular weight excluding hydrogens is 509 g/mol. The zero-order valence-electron chi connectivity index (χ0n) is 15.6. The minimum atomic E-state index is -2.81. The van der Waals surface area contributed by atoms with Crippen molar-refractivity contribution in [2.75, 3.05) is 0 Å². The van der Waals surface area contributed by atoms with Crippen LogP contribution in [0.25, 0.3) is 5.76 Å². The molecule has 0 aromatic heterocycles. The molecule has 7 N–H and O–H groups in total. The van der Waals surface area contributed by atoms with E-state index in [9.17, 15) is 39.9 Å². The second kappa shape index (κ2) is 6.53. The number of benzene rings is 1. The number of aromatic hydroxyl groups is 1. The van der Waals surface area contributed by atoms with Gasteiger partial charge in [-0.05, 0) is 46.2 Å².